The number of rotatable bonds is 4. The van der Waals surface area contributed by atoms with Crippen molar-refractivity contribution in [3.05, 3.63) is 41.9 Å². The molecule has 1 amide bonds. The van der Waals surface area contributed by atoms with Crippen molar-refractivity contribution in [2.75, 3.05) is 24.1 Å². The lowest BCUT2D eigenvalue weighted by Crippen LogP contribution is -2.30. The van der Waals surface area contributed by atoms with Crippen LogP contribution in [-0.4, -0.2) is 45.0 Å². The van der Waals surface area contributed by atoms with Crippen LogP contribution in [0.15, 0.2) is 30.5 Å². The molecule has 3 N–H and O–H groups in total. The molecule has 140 valence electrons. The van der Waals surface area contributed by atoms with Crippen LogP contribution in [0.1, 0.15) is 35.6 Å². The van der Waals surface area contributed by atoms with Crippen LogP contribution in [0.3, 0.4) is 0 Å². The van der Waals surface area contributed by atoms with Crippen LogP contribution in [-0.2, 0) is 0 Å². The Bertz CT molecular complexity index is 979. The second kappa shape index (κ2) is 7.07. The number of fused-ring (bicyclic) bond motifs is 1. The van der Waals surface area contributed by atoms with E-state index in [-0.39, 0.29) is 24.2 Å². The number of alkyl halides is 1. The van der Waals surface area contributed by atoms with Crippen LogP contribution in [0.2, 0.25) is 0 Å². The number of nitrogens with two attached hydrogens (primary N) is 1. The number of hydrogen-bond acceptors (Lipinski definition) is 7. The van der Waals surface area contributed by atoms with Crippen LogP contribution in [0, 0.1) is 0 Å². The molecule has 7 nitrogen and oxygen atoms in total. The molecule has 1 saturated heterocycles. The molecular weight excluding hydrogens is 367 g/mol. The molecule has 9 heteroatoms. The van der Waals surface area contributed by atoms with Crippen LogP contribution < -0.4 is 11.1 Å². The van der Waals surface area contributed by atoms with E-state index in [0.29, 0.717) is 34.1 Å². The Morgan fingerprint density at radius 3 is 3.00 bits per heavy atom. The zero-order valence-electron chi connectivity index (χ0n) is 14.7. The molecule has 4 heterocycles. The summed E-state index contributed by atoms with van der Waals surface area (Å²) in [6.45, 7) is 2.42. The van der Waals surface area contributed by atoms with E-state index in [1.807, 2.05) is 25.1 Å². The fourth-order valence-corrected chi connectivity index (χ4v) is 3.95. The van der Waals surface area contributed by atoms with Crippen molar-refractivity contribution in [2.45, 2.75) is 25.6 Å². The molecule has 1 aliphatic heterocycles. The van der Waals surface area contributed by atoms with Crippen molar-refractivity contribution in [3.8, 4) is 0 Å². The van der Waals surface area contributed by atoms with Crippen LogP contribution in [0.25, 0.3) is 10.2 Å². The summed E-state index contributed by atoms with van der Waals surface area (Å²) in [5.74, 6) is 0.0238. The van der Waals surface area contributed by atoms with Gasteiger partial charge < -0.3 is 16.0 Å². The lowest BCUT2D eigenvalue weighted by Gasteiger charge is -2.17. The predicted octanol–water partition coefficient (Wildman–Crippen LogP) is 3.03. The van der Waals surface area contributed by atoms with Gasteiger partial charge in [-0.25, -0.2) is 14.4 Å². The van der Waals surface area contributed by atoms with E-state index in [9.17, 15) is 9.18 Å². The summed E-state index contributed by atoms with van der Waals surface area (Å²) >= 11 is 1.26. The van der Waals surface area contributed by atoms with Gasteiger partial charge in [-0.15, -0.1) is 11.3 Å². The number of carbonyl (C=O) groups excluding carboxylic acids is 1. The lowest BCUT2D eigenvalue weighted by atomic mass is 10.2. The first kappa shape index (κ1) is 17.6. The van der Waals surface area contributed by atoms with Crippen molar-refractivity contribution in [2.24, 2.45) is 0 Å². The van der Waals surface area contributed by atoms with Crippen molar-refractivity contribution in [1.82, 2.24) is 19.9 Å². The molecule has 3 aromatic heterocycles. The van der Waals surface area contributed by atoms with E-state index < -0.39 is 6.17 Å². The maximum atomic E-state index is 13.5. The smallest absolute Gasteiger partial charge is 0.274 e. The maximum absolute atomic E-state index is 13.5. The van der Waals surface area contributed by atoms with E-state index in [4.69, 9.17) is 5.73 Å². The Morgan fingerprint density at radius 2 is 2.30 bits per heavy atom. The van der Waals surface area contributed by atoms with Gasteiger partial charge >= 0.3 is 0 Å². The SMILES string of the molecule is C[C@H](Nc1nc(C(=O)N2CC[C@@H](F)C2)c2sc(N)cc2n1)c1ccccn1. The summed E-state index contributed by atoms with van der Waals surface area (Å²) in [7, 11) is 0. The minimum Gasteiger partial charge on any atom is -0.391 e. The van der Waals surface area contributed by atoms with Gasteiger partial charge in [0.25, 0.3) is 5.91 Å². The number of pyridine rings is 1. The summed E-state index contributed by atoms with van der Waals surface area (Å²) < 4.78 is 14.2. The number of nitrogens with zero attached hydrogens (tertiary/aromatic N) is 4. The summed E-state index contributed by atoms with van der Waals surface area (Å²) in [5.41, 5.74) is 7.60. The number of halogens is 1. The van der Waals surface area contributed by atoms with Gasteiger partial charge in [-0.1, -0.05) is 6.07 Å². The molecule has 1 aliphatic rings. The molecule has 0 spiro atoms. The standard InChI is InChI=1S/C18H19FN6OS/c1-10(12-4-2-3-6-21-12)22-18-23-13-8-14(20)27-16(13)15(24-18)17(26)25-7-5-11(19)9-25/h2-4,6,8,10-11H,5,7,9,20H2,1H3,(H,22,23,24)/t10-,11+/m0/s1. The zero-order valence-corrected chi connectivity index (χ0v) is 15.5. The van der Waals surface area contributed by atoms with E-state index in [2.05, 4.69) is 20.3 Å². The average molecular weight is 386 g/mol. The van der Waals surface area contributed by atoms with Gasteiger partial charge in [-0.2, -0.15) is 0 Å². The average Bonchev–Trinajstić information content (AvgIpc) is 3.26. The molecular formula is C18H19FN6OS. The molecule has 0 unspecified atom stereocenters. The molecule has 0 radical (unpaired) electrons. The monoisotopic (exact) mass is 386 g/mol. The molecule has 0 aromatic carbocycles. The van der Waals surface area contributed by atoms with Gasteiger partial charge in [0.05, 0.1) is 33.5 Å². The van der Waals surface area contributed by atoms with Crippen molar-refractivity contribution in [1.29, 1.82) is 0 Å². The van der Waals surface area contributed by atoms with Gasteiger partial charge in [0.15, 0.2) is 5.69 Å². The largest absolute Gasteiger partial charge is 0.391 e. The number of amides is 1. The maximum Gasteiger partial charge on any atom is 0.274 e. The number of likely N-dealkylation sites (tertiary alicyclic amines) is 1. The predicted molar refractivity (Wildman–Crippen MR) is 104 cm³/mol. The Hall–Kier alpha value is -2.81. The molecule has 2 atom stereocenters. The molecule has 0 saturated carbocycles. The van der Waals surface area contributed by atoms with E-state index in [1.165, 1.54) is 16.2 Å². The molecule has 0 aliphatic carbocycles. The minimum atomic E-state index is -0.985. The zero-order chi connectivity index (χ0) is 19.0. The van der Waals surface area contributed by atoms with E-state index in [1.54, 1.807) is 12.3 Å². The third kappa shape index (κ3) is 3.55. The quantitative estimate of drug-likeness (QED) is 0.715. The van der Waals surface area contributed by atoms with E-state index >= 15 is 0 Å². The Morgan fingerprint density at radius 1 is 1.44 bits per heavy atom. The van der Waals surface area contributed by atoms with Crippen molar-refractivity contribution < 1.29 is 9.18 Å². The van der Waals surface area contributed by atoms with Gasteiger partial charge in [0.1, 0.15) is 6.17 Å². The number of aromatic nitrogens is 3. The van der Waals surface area contributed by atoms with Crippen LogP contribution in [0.4, 0.5) is 15.3 Å². The first-order valence-electron chi connectivity index (χ1n) is 8.69. The van der Waals surface area contributed by atoms with Gasteiger partial charge in [-0.3, -0.25) is 9.78 Å². The number of nitrogen functional groups attached to an aromatic ring is 1. The molecule has 0 bridgehead atoms. The number of thiophene rings is 1. The fraction of sp³-hybridized carbons (Fsp3) is 0.333. The Balaban J connectivity index is 1.69. The number of hydrogen-bond donors (Lipinski definition) is 2. The van der Waals surface area contributed by atoms with Gasteiger partial charge in [-0.05, 0) is 31.5 Å². The highest BCUT2D eigenvalue weighted by Gasteiger charge is 2.29. The third-order valence-electron chi connectivity index (χ3n) is 4.49. The highest BCUT2D eigenvalue weighted by atomic mass is 32.1. The summed E-state index contributed by atoms with van der Waals surface area (Å²) in [6.07, 6.45) is 1.09. The molecule has 27 heavy (non-hydrogen) atoms. The molecule has 1 fully saturated rings. The molecule has 3 aromatic rings. The van der Waals surface area contributed by atoms with Gasteiger partial charge in [0, 0.05) is 12.7 Å². The third-order valence-corrected chi connectivity index (χ3v) is 5.45. The first-order valence-corrected chi connectivity index (χ1v) is 9.51. The summed E-state index contributed by atoms with van der Waals surface area (Å²) in [6, 6.07) is 7.22. The second-order valence-electron chi connectivity index (χ2n) is 6.52. The Kier molecular flexibility index (Phi) is 4.61. The fourth-order valence-electron chi connectivity index (χ4n) is 3.11. The van der Waals surface area contributed by atoms with Crippen molar-refractivity contribution >= 4 is 38.4 Å². The Labute approximate surface area is 159 Å². The lowest BCUT2D eigenvalue weighted by molar-refractivity contribution is 0.0779. The first-order chi connectivity index (χ1) is 13.0. The number of carbonyl (C=O) groups is 1. The second-order valence-corrected chi connectivity index (χ2v) is 7.60. The molecule has 4 rings (SSSR count). The van der Waals surface area contributed by atoms with E-state index in [0.717, 1.165) is 5.69 Å². The summed E-state index contributed by atoms with van der Waals surface area (Å²) in [5, 5.41) is 3.74. The highest BCUT2D eigenvalue weighted by molar-refractivity contribution is 7.22. The number of anilines is 2. The van der Waals surface area contributed by atoms with Gasteiger partial charge in [0.2, 0.25) is 5.95 Å². The highest BCUT2D eigenvalue weighted by Crippen LogP contribution is 2.31. The van der Waals surface area contributed by atoms with Crippen LogP contribution in [0.5, 0.6) is 0 Å². The topological polar surface area (TPSA) is 97.0 Å². The minimum absolute atomic E-state index is 0.0955. The van der Waals surface area contributed by atoms with Crippen LogP contribution >= 0.6 is 11.3 Å². The number of nitrogens with one attached hydrogen (secondary N) is 1. The normalized spacial score (nSPS) is 18.0. The summed E-state index contributed by atoms with van der Waals surface area (Å²) in [4.78, 5) is 27.7. The van der Waals surface area contributed by atoms with Crippen molar-refractivity contribution in [3.63, 3.8) is 0 Å².